The summed E-state index contributed by atoms with van der Waals surface area (Å²) in [6.07, 6.45) is 2.77. The van der Waals surface area contributed by atoms with Crippen LogP contribution in [0.2, 0.25) is 0 Å². The van der Waals surface area contributed by atoms with Gasteiger partial charge in [0.2, 0.25) is 0 Å². The van der Waals surface area contributed by atoms with E-state index in [2.05, 4.69) is 6.92 Å². The summed E-state index contributed by atoms with van der Waals surface area (Å²) in [5, 5.41) is 19.1. The molecule has 0 unspecified atom stereocenters. The Morgan fingerprint density at radius 3 is 2.62 bits per heavy atom. The van der Waals surface area contributed by atoms with Crippen molar-refractivity contribution in [3.63, 3.8) is 0 Å². The number of unbranched alkanes of at least 4 members (excludes halogenated alkanes) is 3. The molecule has 0 aliphatic carbocycles. The maximum atomic E-state index is 9.65. The van der Waals surface area contributed by atoms with E-state index in [0.717, 1.165) is 12.8 Å². The van der Waals surface area contributed by atoms with E-state index in [0.29, 0.717) is 13.0 Å². The highest BCUT2D eigenvalue weighted by Crippen LogP contribution is 2.21. The molecular formula is C12H24O4. The number of hydrogen-bond donors (Lipinski definition) is 2. The molecule has 96 valence electrons. The Bertz CT molecular complexity index is 186. The molecule has 1 rings (SSSR count). The third kappa shape index (κ3) is 4.37. The molecule has 0 spiro atoms. The Morgan fingerprint density at radius 1 is 1.19 bits per heavy atom. The van der Waals surface area contributed by atoms with Gasteiger partial charge in [0.15, 0.2) is 6.29 Å². The summed E-state index contributed by atoms with van der Waals surface area (Å²) < 4.78 is 10.9. The molecule has 2 N–H and O–H groups in total. The monoisotopic (exact) mass is 232 g/mol. The van der Waals surface area contributed by atoms with Gasteiger partial charge in [-0.15, -0.1) is 0 Å². The molecule has 0 radical (unpaired) electrons. The zero-order valence-corrected chi connectivity index (χ0v) is 10.3. The van der Waals surface area contributed by atoms with Crippen LogP contribution >= 0.6 is 0 Å². The second kappa shape index (κ2) is 7.22. The molecule has 1 fully saturated rings. The quantitative estimate of drug-likeness (QED) is 0.680. The van der Waals surface area contributed by atoms with Gasteiger partial charge in [0.25, 0.3) is 0 Å². The first-order valence-corrected chi connectivity index (χ1v) is 6.28. The summed E-state index contributed by atoms with van der Waals surface area (Å²) in [6, 6.07) is 0. The molecule has 1 heterocycles. The molecule has 16 heavy (non-hydrogen) atoms. The minimum atomic E-state index is -0.711. The first-order chi connectivity index (χ1) is 7.65. The first-order valence-electron chi connectivity index (χ1n) is 6.28. The van der Waals surface area contributed by atoms with E-state index in [4.69, 9.17) is 9.47 Å². The molecule has 4 atom stereocenters. The van der Waals surface area contributed by atoms with Crippen LogP contribution in [-0.4, -0.2) is 41.4 Å². The molecule has 0 aromatic rings. The zero-order chi connectivity index (χ0) is 12.0. The van der Waals surface area contributed by atoms with E-state index in [1.54, 1.807) is 6.92 Å². The lowest BCUT2D eigenvalue weighted by Crippen LogP contribution is -2.47. The minimum Gasteiger partial charge on any atom is -0.390 e. The van der Waals surface area contributed by atoms with Crippen LogP contribution in [0.15, 0.2) is 0 Å². The molecule has 0 bridgehead atoms. The molecule has 1 aliphatic rings. The van der Waals surface area contributed by atoms with Gasteiger partial charge in [-0.1, -0.05) is 26.2 Å². The fourth-order valence-electron chi connectivity index (χ4n) is 1.82. The lowest BCUT2D eigenvalue weighted by Gasteiger charge is -2.35. The van der Waals surface area contributed by atoms with Crippen molar-refractivity contribution >= 4 is 0 Å². The predicted octanol–water partition coefficient (Wildman–Crippen LogP) is 1.44. The van der Waals surface area contributed by atoms with Gasteiger partial charge in [-0.2, -0.15) is 0 Å². The summed E-state index contributed by atoms with van der Waals surface area (Å²) >= 11 is 0. The third-order valence-electron chi connectivity index (χ3n) is 2.97. The van der Waals surface area contributed by atoms with Gasteiger partial charge < -0.3 is 19.7 Å². The van der Waals surface area contributed by atoms with Crippen molar-refractivity contribution in [1.82, 2.24) is 0 Å². The van der Waals surface area contributed by atoms with Crippen LogP contribution in [0.25, 0.3) is 0 Å². The predicted molar refractivity (Wildman–Crippen MR) is 61.1 cm³/mol. The molecule has 0 amide bonds. The fraction of sp³-hybridized carbons (Fsp3) is 1.00. The van der Waals surface area contributed by atoms with Crippen LogP contribution in [0.1, 0.15) is 46.0 Å². The molecule has 0 aromatic heterocycles. The molecule has 4 heteroatoms. The van der Waals surface area contributed by atoms with Gasteiger partial charge >= 0.3 is 0 Å². The Kier molecular flexibility index (Phi) is 6.28. The van der Waals surface area contributed by atoms with Gasteiger partial charge in [0.1, 0.15) is 6.10 Å². The number of hydrogen-bond acceptors (Lipinski definition) is 4. The summed E-state index contributed by atoms with van der Waals surface area (Å²) in [4.78, 5) is 0. The van der Waals surface area contributed by atoms with E-state index in [1.165, 1.54) is 12.8 Å². The minimum absolute atomic E-state index is 0.260. The summed E-state index contributed by atoms with van der Waals surface area (Å²) in [5.41, 5.74) is 0. The molecule has 1 aliphatic heterocycles. The Labute approximate surface area is 97.6 Å². The lowest BCUT2D eigenvalue weighted by molar-refractivity contribution is -0.261. The van der Waals surface area contributed by atoms with Gasteiger partial charge in [0.05, 0.1) is 12.2 Å². The molecule has 0 aromatic carbocycles. The lowest BCUT2D eigenvalue weighted by atomic mass is 10.0. The molecule has 1 saturated heterocycles. The summed E-state index contributed by atoms with van der Waals surface area (Å²) in [5.74, 6) is 0. The van der Waals surface area contributed by atoms with Gasteiger partial charge in [-0.3, -0.25) is 0 Å². The van der Waals surface area contributed by atoms with Crippen LogP contribution in [0, 0.1) is 0 Å². The smallest absolute Gasteiger partial charge is 0.183 e. The highest BCUT2D eigenvalue weighted by molar-refractivity contribution is 4.78. The third-order valence-corrected chi connectivity index (χ3v) is 2.97. The van der Waals surface area contributed by atoms with Gasteiger partial charge in [-0.05, 0) is 13.3 Å². The zero-order valence-electron chi connectivity index (χ0n) is 10.3. The Balaban J connectivity index is 2.16. The van der Waals surface area contributed by atoms with Crippen molar-refractivity contribution < 1.29 is 19.7 Å². The van der Waals surface area contributed by atoms with Crippen molar-refractivity contribution in [1.29, 1.82) is 0 Å². The van der Waals surface area contributed by atoms with E-state index < -0.39 is 18.5 Å². The largest absolute Gasteiger partial charge is 0.390 e. The van der Waals surface area contributed by atoms with Crippen molar-refractivity contribution in [2.24, 2.45) is 0 Å². The van der Waals surface area contributed by atoms with Crippen molar-refractivity contribution in [3.8, 4) is 0 Å². The fourth-order valence-corrected chi connectivity index (χ4v) is 1.82. The number of ether oxygens (including phenoxy) is 2. The second-order valence-electron chi connectivity index (χ2n) is 4.51. The molecule has 4 nitrogen and oxygen atoms in total. The average molecular weight is 232 g/mol. The summed E-state index contributed by atoms with van der Waals surface area (Å²) in [7, 11) is 0. The van der Waals surface area contributed by atoms with Gasteiger partial charge in [-0.25, -0.2) is 0 Å². The second-order valence-corrected chi connectivity index (χ2v) is 4.51. The van der Waals surface area contributed by atoms with Crippen molar-refractivity contribution in [2.45, 2.75) is 70.6 Å². The maximum Gasteiger partial charge on any atom is 0.183 e. The molecular weight excluding hydrogens is 208 g/mol. The van der Waals surface area contributed by atoms with E-state index in [-0.39, 0.29) is 6.10 Å². The number of aliphatic hydroxyl groups excluding tert-OH is 2. The van der Waals surface area contributed by atoms with Crippen molar-refractivity contribution in [2.75, 3.05) is 6.61 Å². The van der Waals surface area contributed by atoms with Crippen LogP contribution in [0.5, 0.6) is 0 Å². The first kappa shape index (κ1) is 13.9. The van der Waals surface area contributed by atoms with Gasteiger partial charge in [0, 0.05) is 13.0 Å². The highest BCUT2D eigenvalue weighted by atomic mass is 16.7. The SMILES string of the molecule is CCCCCCO[C@@H]1O[C@@H](C)[C@H](O)C[C@H]1O. The Hall–Kier alpha value is -0.160. The van der Waals surface area contributed by atoms with Crippen LogP contribution in [0.4, 0.5) is 0 Å². The van der Waals surface area contributed by atoms with E-state index >= 15 is 0 Å². The van der Waals surface area contributed by atoms with Crippen LogP contribution in [0.3, 0.4) is 0 Å². The highest BCUT2D eigenvalue weighted by Gasteiger charge is 2.34. The standard InChI is InChI=1S/C12H24O4/c1-3-4-5-6-7-15-12-11(14)8-10(13)9(2)16-12/h9-14H,3-8H2,1-2H3/t9-,10+,11+,12+/m0/s1. The van der Waals surface area contributed by atoms with Crippen LogP contribution in [-0.2, 0) is 9.47 Å². The van der Waals surface area contributed by atoms with Crippen molar-refractivity contribution in [3.05, 3.63) is 0 Å². The average Bonchev–Trinajstić information content (AvgIpc) is 2.25. The normalized spacial score (nSPS) is 35.2. The Morgan fingerprint density at radius 2 is 1.94 bits per heavy atom. The topological polar surface area (TPSA) is 58.9 Å². The number of rotatable bonds is 6. The maximum absolute atomic E-state index is 9.65. The summed E-state index contributed by atoms with van der Waals surface area (Å²) in [6.45, 7) is 4.58. The van der Waals surface area contributed by atoms with E-state index in [9.17, 15) is 10.2 Å². The number of aliphatic hydroxyl groups is 2. The van der Waals surface area contributed by atoms with Crippen LogP contribution < -0.4 is 0 Å². The molecule has 0 saturated carbocycles. The van der Waals surface area contributed by atoms with E-state index in [1.807, 2.05) is 0 Å².